The van der Waals surface area contributed by atoms with Gasteiger partial charge in [-0.25, -0.2) is 0 Å². The summed E-state index contributed by atoms with van der Waals surface area (Å²) >= 11 is 0. The Morgan fingerprint density at radius 2 is 2.00 bits per heavy atom. The highest BCUT2D eigenvalue weighted by molar-refractivity contribution is 5.81. The Morgan fingerprint density at radius 1 is 1.33 bits per heavy atom. The number of hydrogen-bond donors (Lipinski definition) is 0. The molecule has 6 heteroatoms. The van der Waals surface area contributed by atoms with E-state index >= 15 is 0 Å². The molecule has 0 radical (unpaired) electrons. The van der Waals surface area contributed by atoms with Crippen molar-refractivity contribution in [2.75, 3.05) is 39.8 Å². The van der Waals surface area contributed by atoms with Crippen LogP contribution in [0.25, 0.3) is 0 Å². The van der Waals surface area contributed by atoms with E-state index in [0.29, 0.717) is 19.0 Å². The van der Waals surface area contributed by atoms with E-state index in [2.05, 4.69) is 33.8 Å². The fraction of sp³-hybridized carbons (Fsp3) is 0.611. The zero-order valence-corrected chi connectivity index (χ0v) is 14.9. The summed E-state index contributed by atoms with van der Waals surface area (Å²) in [6.07, 6.45) is 4.10. The molecule has 1 aromatic heterocycles. The van der Waals surface area contributed by atoms with Crippen molar-refractivity contribution in [3.63, 3.8) is 0 Å². The molecule has 1 saturated heterocycles. The normalized spacial score (nSPS) is 18.6. The monoisotopic (exact) mass is 329 g/mol. The third-order valence-electron chi connectivity index (χ3n) is 4.90. The van der Waals surface area contributed by atoms with Crippen LogP contribution >= 0.6 is 0 Å². The highest BCUT2D eigenvalue weighted by Gasteiger charge is 2.29. The number of carbonyl (C=O) groups is 1. The number of piperazine rings is 1. The molecule has 130 valence electrons. The minimum atomic E-state index is -0.135. The lowest BCUT2D eigenvalue weighted by atomic mass is 10.1. The predicted octanol–water partition coefficient (Wildman–Crippen LogP) is 1.52. The van der Waals surface area contributed by atoms with E-state index in [1.54, 1.807) is 18.1 Å². The molecule has 2 rings (SSSR count). The number of pyridine rings is 1. The van der Waals surface area contributed by atoms with E-state index in [-0.39, 0.29) is 11.9 Å². The lowest BCUT2D eigenvalue weighted by Gasteiger charge is -2.40. The second-order valence-electron chi connectivity index (χ2n) is 6.38. The molecular formula is C18H27N5O. The Bertz CT molecular complexity index is 563. The van der Waals surface area contributed by atoms with Gasteiger partial charge in [0, 0.05) is 58.2 Å². The Kier molecular flexibility index (Phi) is 6.71. The lowest BCUT2D eigenvalue weighted by Crippen LogP contribution is -2.54. The molecule has 6 nitrogen and oxygen atoms in total. The first-order chi connectivity index (χ1) is 11.5. The largest absolute Gasteiger partial charge is 0.343 e. The van der Waals surface area contributed by atoms with Crippen molar-refractivity contribution in [1.29, 1.82) is 5.26 Å². The average molecular weight is 329 g/mol. The average Bonchev–Trinajstić information content (AvgIpc) is 2.65. The number of rotatable bonds is 6. The van der Waals surface area contributed by atoms with Crippen LogP contribution in [0.5, 0.6) is 0 Å². The summed E-state index contributed by atoms with van der Waals surface area (Å²) < 4.78 is 0. The number of hydrogen-bond acceptors (Lipinski definition) is 5. The van der Waals surface area contributed by atoms with E-state index in [0.717, 1.165) is 26.2 Å². The zero-order chi connectivity index (χ0) is 17.5. The van der Waals surface area contributed by atoms with Crippen LogP contribution in [0.4, 0.5) is 0 Å². The second-order valence-corrected chi connectivity index (χ2v) is 6.38. The van der Waals surface area contributed by atoms with Crippen molar-refractivity contribution in [2.24, 2.45) is 0 Å². The molecule has 1 amide bonds. The van der Waals surface area contributed by atoms with E-state index in [9.17, 15) is 4.79 Å². The van der Waals surface area contributed by atoms with Gasteiger partial charge in [0.15, 0.2) is 0 Å². The summed E-state index contributed by atoms with van der Waals surface area (Å²) in [7, 11) is 1.77. The minimum Gasteiger partial charge on any atom is -0.343 e. The summed E-state index contributed by atoms with van der Waals surface area (Å²) in [5.74, 6) is 0.0963. The van der Waals surface area contributed by atoms with Gasteiger partial charge in [0.25, 0.3) is 0 Å². The SMILES string of the molecule is CC(C(=O)N(C)CCC#N)N1CCN(C(C)c2cccnc2)CC1. The summed E-state index contributed by atoms with van der Waals surface area (Å²) in [6, 6.07) is 6.37. The molecule has 0 aliphatic carbocycles. The Balaban J connectivity index is 1.86. The molecule has 0 bridgehead atoms. The number of amides is 1. The first-order valence-electron chi connectivity index (χ1n) is 8.54. The van der Waals surface area contributed by atoms with Crippen molar-refractivity contribution < 1.29 is 4.79 Å². The number of nitriles is 1. The lowest BCUT2D eigenvalue weighted by molar-refractivity contribution is -0.135. The van der Waals surface area contributed by atoms with Crippen molar-refractivity contribution >= 4 is 5.91 Å². The molecule has 0 saturated carbocycles. The first kappa shape index (κ1) is 18.4. The highest BCUT2D eigenvalue weighted by atomic mass is 16.2. The van der Waals surface area contributed by atoms with Gasteiger partial charge < -0.3 is 4.90 Å². The van der Waals surface area contributed by atoms with Crippen LogP contribution in [0.15, 0.2) is 24.5 Å². The fourth-order valence-electron chi connectivity index (χ4n) is 3.15. The fourth-order valence-corrected chi connectivity index (χ4v) is 3.15. The van der Waals surface area contributed by atoms with Crippen molar-refractivity contribution in [3.05, 3.63) is 30.1 Å². The Morgan fingerprint density at radius 3 is 2.58 bits per heavy atom. The maximum Gasteiger partial charge on any atom is 0.239 e. The quantitative estimate of drug-likeness (QED) is 0.792. The van der Waals surface area contributed by atoms with Gasteiger partial charge >= 0.3 is 0 Å². The van der Waals surface area contributed by atoms with Gasteiger partial charge in [0.05, 0.1) is 18.5 Å². The second kappa shape index (κ2) is 8.76. The maximum atomic E-state index is 12.4. The van der Waals surface area contributed by atoms with Crippen LogP contribution in [0.2, 0.25) is 0 Å². The summed E-state index contributed by atoms with van der Waals surface area (Å²) in [5.41, 5.74) is 1.23. The molecule has 2 unspecified atom stereocenters. The van der Waals surface area contributed by atoms with Gasteiger partial charge in [-0.2, -0.15) is 5.26 Å². The molecule has 2 atom stereocenters. The topological polar surface area (TPSA) is 63.5 Å². The molecule has 1 aliphatic heterocycles. The van der Waals surface area contributed by atoms with Crippen LogP contribution in [-0.2, 0) is 4.79 Å². The summed E-state index contributed by atoms with van der Waals surface area (Å²) in [5, 5.41) is 8.65. The molecule has 0 N–H and O–H groups in total. The van der Waals surface area contributed by atoms with Crippen LogP contribution in [0.1, 0.15) is 31.9 Å². The summed E-state index contributed by atoms with van der Waals surface area (Å²) in [4.78, 5) is 23.0. The van der Waals surface area contributed by atoms with E-state index in [1.807, 2.05) is 19.2 Å². The highest BCUT2D eigenvalue weighted by Crippen LogP contribution is 2.21. The smallest absolute Gasteiger partial charge is 0.239 e. The van der Waals surface area contributed by atoms with Gasteiger partial charge in [0.2, 0.25) is 5.91 Å². The first-order valence-corrected chi connectivity index (χ1v) is 8.54. The molecule has 24 heavy (non-hydrogen) atoms. The molecular weight excluding hydrogens is 302 g/mol. The third-order valence-corrected chi connectivity index (χ3v) is 4.90. The molecule has 1 aromatic rings. The third kappa shape index (κ3) is 4.53. The van der Waals surface area contributed by atoms with Gasteiger partial charge in [-0.1, -0.05) is 6.07 Å². The Labute approximate surface area is 144 Å². The number of carbonyl (C=O) groups excluding carboxylic acids is 1. The minimum absolute atomic E-state index is 0.0963. The van der Waals surface area contributed by atoms with E-state index in [1.165, 1.54) is 5.56 Å². The maximum absolute atomic E-state index is 12.4. The number of aromatic nitrogens is 1. The van der Waals surface area contributed by atoms with Crippen LogP contribution in [0, 0.1) is 11.3 Å². The predicted molar refractivity (Wildman–Crippen MR) is 93.1 cm³/mol. The molecule has 0 aromatic carbocycles. The molecule has 0 spiro atoms. The Hall–Kier alpha value is -1.97. The number of likely N-dealkylation sites (N-methyl/N-ethyl adjacent to an activating group) is 1. The zero-order valence-electron chi connectivity index (χ0n) is 14.9. The van der Waals surface area contributed by atoms with Gasteiger partial charge in [0.1, 0.15) is 0 Å². The van der Waals surface area contributed by atoms with Crippen molar-refractivity contribution in [1.82, 2.24) is 19.7 Å². The van der Waals surface area contributed by atoms with E-state index in [4.69, 9.17) is 5.26 Å². The van der Waals surface area contributed by atoms with Crippen LogP contribution in [-0.4, -0.2) is 71.4 Å². The van der Waals surface area contributed by atoms with Crippen LogP contribution in [0.3, 0.4) is 0 Å². The van der Waals surface area contributed by atoms with Gasteiger partial charge in [-0.3, -0.25) is 19.6 Å². The molecule has 1 fully saturated rings. The van der Waals surface area contributed by atoms with Gasteiger partial charge in [-0.05, 0) is 25.5 Å². The number of nitrogens with zero attached hydrogens (tertiary/aromatic N) is 5. The van der Waals surface area contributed by atoms with Crippen LogP contribution < -0.4 is 0 Å². The van der Waals surface area contributed by atoms with Gasteiger partial charge in [-0.15, -0.1) is 0 Å². The molecule has 1 aliphatic rings. The summed E-state index contributed by atoms with van der Waals surface area (Å²) in [6.45, 7) is 8.30. The van der Waals surface area contributed by atoms with E-state index < -0.39 is 0 Å². The van der Waals surface area contributed by atoms with Crippen molar-refractivity contribution in [3.8, 4) is 6.07 Å². The standard InChI is InChI=1S/C18H27N5O/c1-15(17-6-4-8-20-14-17)22-10-12-23(13-11-22)16(2)18(24)21(3)9-5-7-19/h4,6,8,14-16H,5,9-13H2,1-3H3. The molecule has 2 heterocycles. The van der Waals surface area contributed by atoms with Crippen molar-refractivity contribution in [2.45, 2.75) is 32.4 Å².